The Morgan fingerprint density at radius 3 is 2.57 bits per heavy atom. The van der Waals surface area contributed by atoms with Gasteiger partial charge in [0.05, 0.1) is 10.8 Å². The maximum atomic E-state index is 12.9. The number of carboxylic acids is 1. The number of benzene rings is 1. The SMILES string of the molecule is Cc1ccc(S(=O)(=O)N2C3CCC2C(C(=O)O)C3)c(C)c1. The van der Waals surface area contributed by atoms with Crippen LogP contribution in [0.4, 0.5) is 0 Å². The second-order valence-electron chi connectivity index (χ2n) is 6.08. The number of fused-ring (bicyclic) bond motifs is 2. The molecule has 3 rings (SSSR count). The van der Waals surface area contributed by atoms with Gasteiger partial charge < -0.3 is 5.11 Å². The fourth-order valence-electron chi connectivity index (χ4n) is 3.78. The molecule has 0 radical (unpaired) electrons. The van der Waals surface area contributed by atoms with Gasteiger partial charge in [0.25, 0.3) is 0 Å². The minimum Gasteiger partial charge on any atom is -0.481 e. The molecule has 1 aromatic rings. The van der Waals surface area contributed by atoms with Crippen molar-refractivity contribution in [2.75, 3.05) is 0 Å². The molecular weight excluding hydrogens is 290 g/mol. The first-order valence-electron chi connectivity index (χ1n) is 7.16. The third-order valence-electron chi connectivity index (χ3n) is 4.68. The highest BCUT2D eigenvalue weighted by atomic mass is 32.2. The Labute approximate surface area is 124 Å². The molecule has 3 atom stereocenters. The lowest BCUT2D eigenvalue weighted by atomic mass is 9.89. The summed E-state index contributed by atoms with van der Waals surface area (Å²) in [6, 6.07) is 4.71. The fourth-order valence-corrected chi connectivity index (χ4v) is 5.91. The average Bonchev–Trinajstić information content (AvgIpc) is 2.96. The summed E-state index contributed by atoms with van der Waals surface area (Å²) in [5.74, 6) is -1.45. The van der Waals surface area contributed by atoms with E-state index < -0.39 is 28.0 Å². The lowest BCUT2D eigenvalue weighted by molar-refractivity contribution is -0.142. The van der Waals surface area contributed by atoms with Crippen molar-refractivity contribution in [3.8, 4) is 0 Å². The number of hydrogen-bond acceptors (Lipinski definition) is 3. The zero-order valence-electron chi connectivity index (χ0n) is 12.1. The van der Waals surface area contributed by atoms with Crippen LogP contribution in [0.3, 0.4) is 0 Å². The molecule has 2 heterocycles. The summed E-state index contributed by atoms with van der Waals surface area (Å²) in [7, 11) is -3.62. The molecule has 0 aromatic heterocycles. The summed E-state index contributed by atoms with van der Waals surface area (Å²) in [5, 5.41) is 9.26. The first-order chi connectivity index (χ1) is 9.82. The number of hydrogen-bond donors (Lipinski definition) is 1. The third-order valence-corrected chi connectivity index (χ3v) is 6.81. The van der Waals surface area contributed by atoms with Gasteiger partial charge in [-0.25, -0.2) is 8.42 Å². The number of aliphatic carboxylic acids is 1. The molecule has 6 heteroatoms. The lowest BCUT2D eigenvalue weighted by Crippen LogP contribution is -2.38. The molecule has 2 saturated heterocycles. The summed E-state index contributed by atoms with van der Waals surface area (Å²) < 4.78 is 27.3. The Hall–Kier alpha value is -1.40. The molecule has 3 unspecified atom stereocenters. The summed E-state index contributed by atoms with van der Waals surface area (Å²) in [5.41, 5.74) is 1.73. The highest BCUT2D eigenvalue weighted by molar-refractivity contribution is 7.89. The van der Waals surface area contributed by atoms with Gasteiger partial charge in [0.15, 0.2) is 0 Å². The second kappa shape index (κ2) is 4.81. The van der Waals surface area contributed by atoms with Crippen molar-refractivity contribution in [2.45, 2.75) is 50.1 Å². The van der Waals surface area contributed by atoms with Gasteiger partial charge >= 0.3 is 5.97 Å². The highest BCUT2D eigenvalue weighted by Gasteiger charge is 2.54. The van der Waals surface area contributed by atoms with E-state index >= 15 is 0 Å². The van der Waals surface area contributed by atoms with Crippen LogP contribution in [-0.2, 0) is 14.8 Å². The average molecular weight is 309 g/mol. The Morgan fingerprint density at radius 2 is 2.00 bits per heavy atom. The number of aryl methyl sites for hydroxylation is 2. The van der Waals surface area contributed by atoms with E-state index in [9.17, 15) is 18.3 Å². The van der Waals surface area contributed by atoms with E-state index in [-0.39, 0.29) is 6.04 Å². The summed E-state index contributed by atoms with van der Waals surface area (Å²) in [6.45, 7) is 3.70. The van der Waals surface area contributed by atoms with Crippen LogP contribution >= 0.6 is 0 Å². The normalized spacial score (nSPS) is 29.0. The second-order valence-corrected chi connectivity index (χ2v) is 7.89. The largest absolute Gasteiger partial charge is 0.481 e. The van der Waals surface area contributed by atoms with Gasteiger partial charge in [0.1, 0.15) is 0 Å². The molecule has 2 aliphatic heterocycles. The minimum absolute atomic E-state index is 0.165. The molecule has 114 valence electrons. The van der Waals surface area contributed by atoms with Crippen LogP contribution in [0, 0.1) is 19.8 Å². The maximum absolute atomic E-state index is 12.9. The smallest absolute Gasteiger partial charge is 0.308 e. The standard InChI is InChI=1S/C15H19NO4S/c1-9-3-6-14(10(2)7-9)21(19,20)16-11-4-5-13(16)12(8-11)15(17)18/h3,6-7,11-13H,4-5,8H2,1-2H3,(H,17,18). The van der Waals surface area contributed by atoms with Crippen molar-refractivity contribution >= 4 is 16.0 Å². The Kier molecular flexibility index (Phi) is 3.33. The zero-order chi connectivity index (χ0) is 15.4. The summed E-state index contributed by atoms with van der Waals surface area (Å²) in [4.78, 5) is 11.6. The predicted octanol–water partition coefficient (Wildman–Crippen LogP) is 1.93. The summed E-state index contributed by atoms with van der Waals surface area (Å²) in [6.07, 6.45) is 1.84. The first kappa shape index (κ1) is 14.5. The molecule has 0 spiro atoms. The van der Waals surface area contributed by atoms with Crippen molar-refractivity contribution in [1.29, 1.82) is 0 Å². The number of carbonyl (C=O) groups is 1. The number of nitrogens with zero attached hydrogens (tertiary/aromatic N) is 1. The Bertz CT molecular complexity index is 698. The van der Waals surface area contributed by atoms with Crippen molar-refractivity contribution in [2.24, 2.45) is 5.92 Å². The summed E-state index contributed by atoms with van der Waals surface area (Å²) >= 11 is 0. The van der Waals surface area contributed by atoms with Crippen LogP contribution in [0.2, 0.25) is 0 Å². The molecule has 1 N–H and O–H groups in total. The van der Waals surface area contributed by atoms with Crippen molar-refractivity contribution in [3.63, 3.8) is 0 Å². The lowest BCUT2D eigenvalue weighted by Gasteiger charge is -2.23. The van der Waals surface area contributed by atoms with Crippen LogP contribution in [0.15, 0.2) is 23.1 Å². The Morgan fingerprint density at radius 1 is 1.29 bits per heavy atom. The maximum Gasteiger partial charge on any atom is 0.308 e. The highest BCUT2D eigenvalue weighted by Crippen LogP contribution is 2.45. The monoisotopic (exact) mass is 309 g/mol. The van der Waals surface area contributed by atoms with Crippen molar-refractivity contribution < 1.29 is 18.3 Å². The van der Waals surface area contributed by atoms with Crippen LogP contribution in [0.25, 0.3) is 0 Å². The third kappa shape index (κ3) is 2.17. The molecule has 2 aliphatic rings. The van der Waals surface area contributed by atoms with E-state index in [2.05, 4.69) is 0 Å². The van der Waals surface area contributed by atoms with Crippen LogP contribution in [-0.4, -0.2) is 35.9 Å². The number of carboxylic acid groups (broad SMARTS) is 1. The van der Waals surface area contributed by atoms with Crippen LogP contribution < -0.4 is 0 Å². The van der Waals surface area contributed by atoms with Gasteiger partial charge in [-0.3, -0.25) is 4.79 Å². The molecule has 0 aliphatic carbocycles. The van der Waals surface area contributed by atoms with Gasteiger partial charge in [0, 0.05) is 12.1 Å². The molecule has 0 amide bonds. The van der Waals surface area contributed by atoms with Gasteiger partial charge in [-0.15, -0.1) is 0 Å². The van der Waals surface area contributed by atoms with Gasteiger partial charge in [0.2, 0.25) is 10.0 Å². The van der Waals surface area contributed by atoms with Crippen molar-refractivity contribution in [1.82, 2.24) is 4.31 Å². The van der Waals surface area contributed by atoms with E-state index in [1.165, 1.54) is 4.31 Å². The Balaban J connectivity index is 2.02. The predicted molar refractivity (Wildman–Crippen MR) is 77.5 cm³/mol. The first-order valence-corrected chi connectivity index (χ1v) is 8.60. The van der Waals surface area contributed by atoms with E-state index in [0.717, 1.165) is 12.0 Å². The quantitative estimate of drug-likeness (QED) is 0.926. The molecule has 0 saturated carbocycles. The fraction of sp³-hybridized carbons (Fsp3) is 0.533. The molecule has 2 fully saturated rings. The van der Waals surface area contributed by atoms with E-state index in [4.69, 9.17) is 0 Å². The molecule has 5 nitrogen and oxygen atoms in total. The topological polar surface area (TPSA) is 74.7 Å². The number of rotatable bonds is 3. The van der Waals surface area contributed by atoms with Gasteiger partial charge in [-0.2, -0.15) is 4.31 Å². The van der Waals surface area contributed by atoms with Gasteiger partial charge in [-0.1, -0.05) is 17.7 Å². The van der Waals surface area contributed by atoms with Crippen LogP contribution in [0.1, 0.15) is 30.4 Å². The molecule has 1 aromatic carbocycles. The number of sulfonamides is 1. The van der Waals surface area contributed by atoms with Gasteiger partial charge in [-0.05, 0) is 44.7 Å². The molecule has 21 heavy (non-hydrogen) atoms. The molecule has 2 bridgehead atoms. The molecular formula is C15H19NO4S. The van der Waals surface area contributed by atoms with E-state index in [1.807, 2.05) is 13.0 Å². The van der Waals surface area contributed by atoms with E-state index in [1.54, 1.807) is 19.1 Å². The van der Waals surface area contributed by atoms with Crippen molar-refractivity contribution in [3.05, 3.63) is 29.3 Å². The van der Waals surface area contributed by atoms with Crippen LogP contribution in [0.5, 0.6) is 0 Å². The zero-order valence-corrected chi connectivity index (χ0v) is 12.9. The minimum atomic E-state index is -3.62. The van der Waals surface area contributed by atoms with E-state index in [0.29, 0.717) is 23.3 Å².